The van der Waals surface area contributed by atoms with Crippen LogP contribution in [0.4, 0.5) is 0 Å². The van der Waals surface area contributed by atoms with Crippen molar-refractivity contribution in [2.24, 2.45) is 0 Å². The number of carboxylic acid groups (broad SMARTS) is 1. The first kappa shape index (κ1) is 11.2. The third-order valence-corrected chi connectivity index (χ3v) is 0.497. The molecule has 0 spiro atoms. The molecule has 0 saturated carbocycles. The van der Waals surface area contributed by atoms with Gasteiger partial charge in [0.05, 0.1) is 6.42 Å². The van der Waals surface area contributed by atoms with Gasteiger partial charge in [-0.15, -0.1) is 11.6 Å². The van der Waals surface area contributed by atoms with E-state index in [1.54, 1.807) is 0 Å². The van der Waals surface area contributed by atoms with E-state index in [4.69, 9.17) is 16.7 Å². The minimum absolute atomic E-state index is 0. The SMILES string of the molecule is O=C(O)CCCl.[H-].[K+]. The molecule has 0 heterocycles. The Bertz CT molecular complexity index is 61.2. The normalized spacial score (nSPS) is 7.00. The van der Waals surface area contributed by atoms with Gasteiger partial charge in [0.25, 0.3) is 0 Å². The van der Waals surface area contributed by atoms with Crippen molar-refractivity contribution < 1.29 is 62.7 Å². The molecule has 0 fully saturated rings. The number of alkyl halides is 1. The van der Waals surface area contributed by atoms with Crippen LogP contribution in [-0.4, -0.2) is 17.0 Å². The van der Waals surface area contributed by atoms with Gasteiger partial charge in [0.1, 0.15) is 0 Å². The van der Waals surface area contributed by atoms with Crippen LogP contribution in [-0.2, 0) is 4.79 Å². The van der Waals surface area contributed by atoms with Gasteiger partial charge in [0, 0.05) is 5.88 Å². The first-order valence-corrected chi connectivity index (χ1v) is 2.08. The van der Waals surface area contributed by atoms with Crippen LogP contribution in [0.2, 0.25) is 0 Å². The van der Waals surface area contributed by atoms with Crippen LogP contribution in [0.3, 0.4) is 0 Å². The van der Waals surface area contributed by atoms with Crippen molar-refractivity contribution in [3.8, 4) is 0 Å². The number of aliphatic carboxylic acids is 1. The molecule has 7 heavy (non-hydrogen) atoms. The molecule has 0 atom stereocenters. The predicted molar refractivity (Wildman–Crippen MR) is 24.1 cm³/mol. The maximum atomic E-state index is 9.51. The number of hydrogen-bond acceptors (Lipinski definition) is 1. The maximum absolute atomic E-state index is 9.51. The summed E-state index contributed by atoms with van der Waals surface area (Å²) >= 11 is 5.02. The molecule has 0 unspecified atom stereocenters. The molecule has 1 N–H and O–H groups in total. The van der Waals surface area contributed by atoms with Crippen molar-refractivity contribution in [2.45, 2.75) is 6.42 Å². The zero-order valence-electron chi connectivity index (χ0n) is 5.15. The number of carbonyl (C=O) groups is 1. The molecule has 0 bridgehead atoms. The van der Waals surface area contributed by atoms with Gasteiger partial charge in [0.2, 0.25) is 0 Å². The summed E-state index contributed by atoms with van der Waals surface area (Å²) in [7, 11) is 0. The van der Waals surface area contributed by atoms with E-state index in [2.05, 4.69) is 0 Å². The summed E-state index contributed by atoms with van der Waals surface area (Å²) in [6, 6.07) is 0. The second-order valence-electron chi connectivity index (χ2n) is 0.833. The zero-order chi connectivity index (χ0) is 4.99. The first-order chi connectivity index (χ1) is 2.77. The fraction of sp³-hybridized carbons (Fsp3) is 0.667. The number of halogens is 1. The number of carboxylic acids is 1. The van der Waals surface area contributed by atoms with Gasteiger partial charge in [0.15, 0.2) is 0 Å². The molecule has 0 amide bonds. The van der Waals surface area contributed by atoms with Crippen LogP contribution in [0.15, 0.2) is 0 Å². The van der Waals surface area contributed by atoms with Gasteiger partial charge < -0.3 is 6.53 Å². The molecule has 0 aromatic heterocycles. The van der Waals surface area contributed by atoms with Crippen LogP contribution in [0.5, 0.6) is 0 Å². The Labute approximate surface area is 91.1 Å². The molecule has 0 aliphatic heterocycles. The average Bonchev–Trinajstić information content (AvgIpc) is 1.35. The van der Waals surface area contributed by atoms with E-state index in [0.717, 1.165) is 0 Å². The van der Waals surface area contributed by atoms with E-state index in [1.807, 2.05) is 0 Å². The average molecular weight is 149 g/mol. The van der Waals surface area contributed by atoms with Crippen molar-refractivity contribution in [2.75, 3.05) is 5.88 Å². The van der Waals surface area contributed by atoms with Gasteiger partial charge in [-0.2, -0.15) is 0 Å². The Kier molecular flexibility index (Phi) is 11.9. The van der Waals surface area contributed by atoms with Gasteiger partial charge >= 0.3 is 57.4 Å². The third kappa shape index (κ3) is 11.1. The summed E-state index contributed by atoms with van der Waals surface area (Å²) in [4.78, 5) is 9.51. The predicted octanol–water partition coefficient (Wildman–Crippen LogP) is -2.18. The van der Waals surface area contributed by atoms with E-state index in [1.165, 1.54) is 0 Å². The second kappa shape index (κ2) is 7.40. The molecule has 0 saturated heterocycles. The quantitative estimate of drug-likeness (QED) is 0.357. The van der Waals surface area contributed by atoms with Crippen molar-refractivity contribution in [1.82, 2.24) is 0 Å². The largest absolute Gasteiger partial charge is 1.00 e. The smallest absolute Gasteiger partial charge is 1.00 e. The summed E-state index contributed by atoms with van der Waals surface area (Å²) in [6.45, 7) is 0. The molecule has 0 aliphatic carbocycles. The standard InChI is InChI=1S/C3H5ClO2.K.H/c4-2-1-3(5)6;;/h1-2H2,(H,5,6);;/q;+1;-1. The van der Waals surface area contributed by atoms with E-state index in [-0.39, 0.29) is 65.1 Å². The van der Waals surface area contributed by atoms with Crippen LogP contribution in [0.25, 0.3) is 0 Å². The number of hydrogen-bond donors (Lipinski definition) is 1. The molecule has 38 valence electrons. The van der Waals surface area contributed by atoms with Crippen molar-refractivity contribution >= 4 is 17.6 Å². The van der Waals surface area contributed by atoms with Crippen LogP contribution >= 0.6 is 11.6 Å². The Morgan fingerprint density at radius 2 is 2.29 bits per heavy atom. The second-order valence-corrected chi connectivity index (χ2v) is 1.21. The molecule has 2 nitrogen and oxygen atoms in total. The summed E-state index contributed by atoms with van der Waals surface area (Å²) in [5.74, 6) is -0.639. The topological polar surface area (TPSA) is 37.3 Å². The van der Waals surface area contributed by atoms with E-state index in [9.17, 15) is 4.79 Å². The molecule has 4 heteroatoms. The van der Waals surface area contributed by atoms with Gasteiger partial charge in [-0.3, -0.25) is 4.79 Å². The summed E-state index contributed by atoms with van der Waals surface area (Å²) in [6.07, 6.45) is 0.0571. The molecule has 0 aromatic carbocycles. The van der Waals surface area contributed by atoms with E-state index < -0.39 is 5.97 Å². The minimum atomic E-state index is -0.843. The molecule has 0 aromatic rings. The fourth-order valence-corrected chi connectivity index (χ4v) is 0.243. The third-order valence-electron chi connectivity index (χ3n) is 0.308. The van der Waals surface area contributed by atoms with Crippen LogP contribution in [0.1, 0.15) is 7.85 Å². The molecular formula is C3H6ClKO2. The minimum Gasteiger partial charge on any atom is -1.00 e. The Morgan fingerprint density at radius 3 is 2.29 bits per heavy atom. The van der Waals surface area contributed by atoms with E-state index >= 15 is 0 Å². The Hall–Kier alpha value is 1.40. The Balaban J connectivity index is -0.000000125. The van der Waals surface area contributed by atoms with Crippen LogP contribution in [0, 0.1) is 0 Å². The molecule has 0 rings (SSSR count). The Morgan fingerprint density at radius 1 is 1.86 bits per heavy atom. The fourth-order valence-electron chi connectivity index (χ4n) is 0.0808. The zero-order valence-corrected chi connectivity index (χ0v) is 8.03. The maximum Gasteiger partial charge on any atom is 1.00 e. The van der Waals surface area contributed by atoms with Crippen molar-refractivity contribution in [1.29, 1.82) is 0 Å². The molecule has 0 radical (unpaired) electrons. The van der Waals surface area contributed by atoms with Gasteiger partial charge in [-0.25, -0.2) is 0 Å². The molecular weight excluding hydrogens is 143 g/mol. The van der Waals surface area contributed by atoms with Gasteiger partial charge in [-0.1, -0.05) is 0 Å². The monoisotopic (exact) mass is 148 g/mol. The van der Waals surface area contributed by atoms with Gasteiger partial charge in [-0.05, 0) is 0 Å². The summed E-state index contributed by atoms with van der Waals surface area (Å²) < 4.78 is 0. The van der Waals surface area contributed by atoms with Crippen molar-refractivity contribution in [3.63, 3.8) is 0 Å². The van der Waals surface area contributed by atoms with Crippen LogP contribution < -0.4 is 51.4 Å². The summed E-state index contributed by atoms with van der Waals surface area (Å²) in [5, 5.41) is 7.83. The van der Waals surface area contributed by atoms with Crippen molar-refractivity contribution in [3.05, 3.63) is 0 Å². The van der Waals surface area contributed by atoms with E-state index in [0.29, 0.717) is 0 Å². The molecule has 0 aliphatic rings. The first-order valence-electron chi connectivity index (χ1n) is 1.55. The number of rotatable bonds is 2. The summed E-state index contributed by atoms with van der Waals surface area (Å²) in [5.41, 5.74) is 0.